The maximum atomic E-state index is 13.0. The molecule has 4 nitrogen and oxygen atoms in total. The van der Waals surface area contributed by atoms with E-state index in [-0.39, 0.29) is 4.90 Å². The van der Waals surface area contributed by atoms with E-state index in [1.807, 2.05) is 0 Å². The van der Waals surface area contributed by atoms with E-state index < -0.39 is 15.8 Å². The van der Waals surface area contributed by atoms with Crippen LogP contribution in [0.4, 0.5) is 4.39 Å². The van der Waals surface area contributed by atoms with E-state index in [9.17, 15) is 12.8 Å². The lowest BCUT2D eigenvalue weighted by Crippen LogP contribution is -2.48. The Morgan fingerprint density at radius 2 is 1.60 bits per heavy atom. The Labute approximate surface area is 148 Å². The summed E-state index contributed by atoms with van der Waals surface area (Å²) in [5, 5.41) is 0. The molecule has 0 spiro atoms. The van der Waals surface area contributed by atoms with Crippen LogP contribution in [0.1, 0.15) is 16.7 Å². The van der Waals surface area contributed by atoms with Crippen LogP contribution >= 0.6 is 0 Å². The molecule has 0 aromatic heterocycles. The molecule has 1 heterocycles. The molecule has 25 heavy (non-hydrogen) atoms. The van der Waals surface area contributed by atoms with Crippen LogP contribution in [0.15, 0.2) is 47.4 Å². The number of rotatable bonds is 4. The minimum Gasteiger partial charge on any atom is -0.296 e. The highest BCUT2D eigenvalue weighted by Crippen LogP contribution is 2.20. The predicted molar refractivity (Wildman–Crippen MR) is 96.4 cm³/mol. The van der Waals surface area contributed by atoms with Gasteiger partial charge in [-0.2, -0.15) is 4.31 Å². The molecule has 0 unspecified atom stereocenters. The second kappa shape index (κ2) is 7.23. The van der Waals surface area contributed by atoms with Gasteiger partial charge in [0.25, 0.3) is 0 Å². The number of benzene rings is 2. The number of aryl methyl sites for hydroxylation is 2. The molecule has 0 saturated carbocycles. The van der Waals surface area contributed by atoms with Crippen molar-refractivity contribution in [3.8, 4) is 0 Å². The summed E-state index contributed by atoms with van der Waals surface area (Å²) in [7, 11) is -3.55. The highest BCUT2D eigenvalue weighted by atomic mass is 32.2. The standard InChI is InChI=1S/C19H23FN2O2S/c1-15-3-4-16(2)17(13-15)14-21-9-11-22(12-10-21)25(23,24)19-7-5-18(20)6-8-19/h3-8,13H,9-12,14H2,1-2H3. The molecule has 0 amide bonds. The molecule has 2 aromatic rings. The normalized spacial score (nSPS) is 16.9. The summed E-state index contributed by atoms with van der Waals surface area (Å²) in [5.41, 5.74) is 3.78. The minimum atomic E-state index is -3.55. The van der Waals surface area contributed by atoms with Crippen molar-refractivity contribution in [2.24, 2.45) is 0 Å². The molecule has 6 heteroatoms. The summed E-state index contributed by atoms with van der Waals surface area (Å²) in [6.07, 6.45) is 0. The lowest BCUT2D eigenvalue weighted by Gasteiger charge is -2.34. The second-order valence-electron chi connectivity index (χ2n) is 6.56. The first-order chi connectivity index (χ1) is 11.9. The van der Waals surface area contributed by atoms with Gasteiger partial charge < -0.3 is 0 Å². The molecule has 0 bridgehead atoms. The van der Waals surface area contributed by atoms with Crippen LogP contribution < -0.4 is 0 Å². The summed E-state index contributed by atoms with van der Waals surface area (Å²) >= 11 is 0. The van der Waals surface area contributed by atoms with Crippen molar-refractivity contribution < 1.29 is 12.8 Å². The highest BCUT2D eigenvalue weighted by molar-refractivity contribution is 7.89. The van der Waals surface area contributed by atoms with Crippen LogP contribution in [0.25, 0.3) is 0 Å². The van der Waals surface area contributed by atoms with Gasteiger partial charge in [0.2, 0.25) is 10.0 Å². The van der Waals surface area contributed by atoms with Crippen molar-refractivity contribution in [2.75, 3.05) is 26.2 Å². The summed E-state index contributed by atoms with van der Waals surface area (Å²) < 4.78 is 39.8. The fourth-order valence-corrected chi connectivity index (χ4v) is 4.52. The molecular formula is C19H23FN2O2S. The molecule has 1 fully saturated rings. The van der Waals surface area contributed by atoms with Crippen molar-refractivity contribution in [1.29, 1.82) is 0 Å². The van der Waals surface area contributed by atoms with Gasteiger partial charge >= 0.3 is 0 Å². The Balaban J connectivity index is 1.65. The van der Waals surface area contributed by atoms with Gasteiger partial charge in [-0.1, -0.05) is 23.8 Å². The number of piperazine rings is 1. The third-order valence-corrected chi connectivity index (χ3v) is 6.59. The van der Waals surface area contributed by atoms with Gasteiger partial charge in [-0.15, -0.1) is 0 Å². The average Bonchev–Trinajstić information content (AvgIpc) is 2.59. The zero-order chi connectivity index (χ0) is 18.0. The zero-order valence-electron chi connectivity index (χ0n) is 14.6. The van der Waals surface area contributed by atoms with Gasteiger partial charge in [0, 0.05) is 32.7 Å². The molecule has 0 aliphatic carbocycles. The zero-order valence-corrected chi connectivity index (χ0v) is 15.4. The maximum absolute atomic E-state index is 13.0. The van der Waals surface area contributed by atoms with E-state index >= 15 is 0 Å². The molecule has 1 aliphatic heterocycles. The van der Waals surface area contributed by atoms with E-state index in [0.29, 0.717) is 26.2 Å². The largest absolute Gasteiger partial charge is 0.296 e. The summed E-state index contributed by atoms with van der Waals surface area (Å²) in [6.45, 7) is 7.29. The Kier molecular flexibility index (Phi) is 5.22. The van der Waals surface area contributed by atoms with Gasteiger partial charge in [0.1, 0.15) is 5.82 Å². The van der Waals surface area contributed by atoms with Crippen molar-refractivity contribution in [1.82, 2.24) is 9.21 Å². The van der Waals surface area contributed by atoms with Gasteiger partial charge in [-0.25, -0.2) is 12.8 Å². The number of hydrogen-bond acceptors (Lipinski definition) is 3. The molecular weight excluding hydrogens is 339 g/mol. The van der Waals surface area contributed by atoms with E-state index in [1.54, 1.807) is 0 Å². The van der Waals surface area contributed by atoms with Crippen molar-refractivity contribution in [2.45, 2.75) is 25.3 Å². The first-order valence-electron chi connectivity index (χ1n) is 8.40. The third-order valence-electron chi connectivity index (χ3n) is 4.68. The Hall–Kier alpha value is -1.76. The summed E-state index contributed by atoms with van der Waals surface area (Å²) in [4.78, 5) is 2.43. The molecule has 0 N–H and O–H groups in total. The second-order valence-corrected chi connectivity index (χ2v) is 8.50. The lowest BCUT2D eigenvalue weighted by molar-refractivity contribution is 0.181. The molecule has 2 aromatic carbocycles. The summed E-state index contributed by atoms with van der Waals surface area (Å²) in [6, 6.07) is 11.4. The molecule has 0 atom stereocenters. The number of halogens is 1. The van der Waals surface area contributed by atoms with Crippen molar-refractivity contribution >= 4 is 10.0 Å². The monoisotopic (exact) mass is 362 g/mol. The maximum Gasteiger partial charge on any atom is 0.243 e. The number of sulfonamides is 1. The Morgan fingerprint density at radius 1 is 0.960 bits per heavy atom. The Bertz CT molecular complexity index is 842. The quantitative estimate of drug-likeness (QED) is 0.840. The number of nitrogens with zero attached hydrogens (tertiary/aromatic N) is 2. The topological polar surface area (TPSA) is 40.6 Å². The van der Waals surface area contributed by atoms with Crippen LogP contribution in [0.2, 0.25) is 0 Å². The first-order valence-corrected chi connectivity index (χ1v) is 9.84. The van der Waals surface area contributed by atoms with Crippen LogP contribution in [-0.2, 0) is 16.6 Å². The molecule has 3 rings (SSSR count). The van der Waals surface area contributed by atoms with Crippen LogP contribution in [0.5, 0.6) is 0 Å². The van der Waals surface area contributed by atoms with E-state index in [4.69, 9.17) is 0 Å². The van der Waals surface area contributed by atoms with Crippen molar-refractivity contribution in [3.05, 3.63) is 65.0 Å². The Morgan fingerprint density at radius 3 is 2.24 bits per heavy atom. The third kappa shape index (κ3) is 4.08. The lowest BCUT2D eigenvalue weighted by atomic mass is 10.1. The van der Waals surface area contributed by atoms with Gasteiger partial charge in [0.05, 0.1) is 4.90 Å². The minimum absolute atomic E-state index is 0.150. The van der Waals surface area contributed by atoms with Crippen molar-refractivity contribution in [3.63, 3.8) is 0 Å². The molecule has 0 radical (unpaired) electrons. The fourth-order valence-electron chi connectivity index (χ4n) is 3.10. The van der Waals surface area contributed by atoms with E-state index in [2.05, 4.69) is 36.9 Å². The summed E-state index contributed by atoms with van der Waals surface area (Å²) in [5.74, 6) is -0.433. The fraction of sp³-hybridized carbons (Fsp3) is 0.368. The van der Waals surface area contributed by atoms with Crippen LogP contribution in [0, 0.1) is 19.7 Å². The van der Waals surface area contributed by atoms with Crippen LogP contribution in [0.3, 0.4) is 0 Å². The predicted octanol–water partition coefficient (Wildman–Crippen LogP) is 2.95. The number of hydrogen-bond donors (Lipinski definition) is 0. The van der Waals surface area contributed by atoms with Gasteiger partial charge in [-0.3, -0.25) is 4.90 Å². The molecule has 134 valence electrons. The van der Waals surface area contributed by atoms with Crippen LogP contribution in [-0.4, -0.2) is 43.8 Å². The average molecular weight is 362 g/mol. The highest BCUT2D eigenvalue weighted by Gasteiger charge is 2.28. The smallest absolute Gasteiger partial charge is 0.243 e. The van der Waals surface area contributed by atoms with Gasteiger partial charge in [-0.05, 0) is 49.2 Å². The first kappa shape index (κ1) is 18.0. The van der Waals surface area contributed by atoms with E-state index in [0.717, 1.165) is 6.54 Å². The molecule has 1 saturated heterocycles. The van der Waals surface area contributed by atoms with E-state index in [1.165, 1.54) is 45.3 Å². The SMILES string of the molecule is Cc1ccc(C)c(CN2CCN(S(=O)(=O)c3ccc(F)cc3)CC2)c1. The molecule has 1 aliphatic rings. The van der Waals surface area contributed by atoms with Gasteiger partial charge in [0.15, 0.2) is 0 Å².